The largest absolute Gasteiger partial charge is 0.350 e. The summed E-state index contributed by atoms with van der Waals surface area (Å²) >= 11 is 1.72. The summed E-state index contributed by atoms with van der Waals surface area (Å²) in [6.07, 6.45) is 9.10. The highest BCUT2D eigenvalue weighted by Crippen LogP contribution is 2.49. The van der Waals surface area contributed by atoms with Crippen LogP contribution < -0.4 is 5.32 Å². The van der Waals surface area contributed by atoms with Gasteiger partial charge in [-0.25, -0.2) is 0 Å². The summed E-state index contributed by atoms with van der Waals surface area (Å²) in [7, 11) is 0. The minimum Gasteiger partial charge on any atom is -0.350 e. The number of hydrogen-bond acceptors (Lipinski definition) is 2. The van der Waals surface area contributed by atoms with Crippen LogP contribution in [0.25, 0.3) is 6.08 Å². The Morgan fingerprint density at radius 3 is 2.85 bits per heavy atom. The third-order valence-corrected chi connectivity index (χ3v) is 5.93. The number of rotatable bonds is 4. The lowest BCUT2D eigenvalue weighted by molar-refractivity contribution is -0.117. The summed E-state index contributed by atoms with van der Waals surface area (Å²) < 4.78 is 0. The average molecular weight is 289 g/mol. The minimum atomic E-state index is 0.0475. The molecule has 2 aliphatic carbocycles. The second kappa shape index (κ2) is 5.72. The van der Waals surface area contributed by atoms with Gasteiger partial charge in [-0.1, -0.05) is 6.42 Å². The van der Waals surface area contributed by atoms with Crippen LogP contribution in [0.15, 0.2) is 18.2 Å². The number of fused-ring (bicyclic) bond motifs is 2. The molecule has 20 heavy (non-hydrogen) atoms. The summed E-state index contributed by atoms with van der Waals surface area (Å²) in [4.78, 5) is 14.4. The Bertz CT molecular complexity index is 519. The molecule has 2 nitrogen and oxygen atoms in total. The Balaban J connectivity index is 1.52. The van der Waals surface area contributed by atoms with E-state index in [9.17, 15) is 4.79 Å². The van der Waals surface area contributed by atoms with E-state index in [2.05, 4.69) is 31.3 Å². The lowest BCUT2D eigenvalue weighted by Gasteiger charge is -2.28. The molecule has 1 N–H and O–H groups in total. The molecule has 1 aromatic rings. The second-order valence-corrected chi connectivity index (χ2v) is 7.74. The van der Waals surface area contributed by atoms with Crippen LogP contribution in [0.5, 0.6) is 0 Å². The topological polar surface area (TPSA) is 29.1 Å². The van der Waals surface area contributed by atoms with Crippen molar-refractivity contribution in [3.8, 4) is 0 Å². The molecule has 1 aromatic heterocycles. The predicted octanol–water partition coefficient (Wildman–Crippen LogP) is 4.01. The molecule has 2 fully saturated rings. The molecule has 0 spiro atoms. The smallest absolute Gasteiger partial charge is 0.244 e. The molecule has 108 valence electrons. The average Bonchev–Trinajstić information content (AvgIpc) is 3.12. The van der Waals surface area contributed by atoms with Crippen LogP contribution in [0.3, 0.4) is 0 Å². The Morgan fingerprint density at radius 2 is 2.25 bits per heavy atom. The van der Waals surface area contributed by atoms with Crippen molar-refractivity contribution in [3.63, 3.8) is 0 Å². The first-order valence-electron chi connectivity index (χ1n) is 7.67. The zero-order valence-corrected chi connectivity index (χ0v) is 13.1. The molecule has 2 aliphatic rings. The van der Waals surface area contributed by atoms with E-state index in [1.54, 1.807) is 17.4 Å². The summed E-state index contributed by atoms with van der Waals surface area (Å²) in [5.74, 6) is 2.55. The lowest BCUT2D eigenvalue weighted by atomic mass is 9.84. The van der Waals surface area contributed by atoms with Crippen molar-refractivity contribution in [1.29, 1.82) is 0 Å². The number of thiophene rings is 1. The van der Waals surface area contributed by atoms with E-state index in [4.69, 9.17) is 0 Å². The van der Waals surface area contributed by atoms with Gasteiger partial charge in [-0.3, -0.25) is 4.79 Å². The molecule has 1 amide bonds. The van der Waals surface area contributed by atoms with Gasteiger partial charge in [-0.15, -0.1) is 11.3 Å². The molecular weight excluding hydrogens is 266 g/mol. The van der Waals surface area contributed by atoms with Crippen LogP contribution in [0.2, 0.25) is 0 Å². The van der Waals surface area contributed by atoms with Crippen LogP contribution in [0, 0.1) is 24.7 Å². The van der Waals surface area contributed by atoms with Crippen molar-refractivity contribution >= 4 is 23.3 Å². The monoisotopic (exact) mass is 289 g/mol. The van der Waals surface area contributed by atoms with Crippen molar-refractivity contribution in [2.45, 2.75) is 45.6 Å². The van der Waals surface area contributed by atoms with Crippen molar-refractivity contribution in [1.82, 2.24) is 5.32 Å². The fraction of sp³-hybridized carbons (Fsp3) is 0.588. The van der Waals surface area contributed by atoms with Crippen LogP contribution in [0.4, 0.5) is 0 Å². The molecule has 3 rings (SSSR count). The van der Waals surface area contributed by atoms with Crippen LogP contribution in [0.1, 0.15) is 42.4 Å². The van der Waals surface area contributed by atoms with Gasteiger partial charge in [-0.05, 0) is 69.1 Å². The highest BCUT2D eigenvalue weighted by Gasteiger charge is 2.41. The fourth-order valence-corrected chi connectivity index (χ4v) is 4.77. The molecular formula is C17H23NOS. The van der Waals surface area contributed by atoms with Gasteiger partial charge in [0.05, 0.1) is 0 Å². The first-order chi connectivity index (χ1) is 9.61. The minimum absolute atomic E-state index is 0.0475. The maximum Gasteiger partial charge on any atom is 0.244 e. The van der Waals surface area contributed by atoms with Gasteiger partial charge in [0.2, 0.25) is 5.91 Å². The van der Waals surface area contributed by atoms with Gasteiger partial charge in [0.15, 0.2) is 0 Å². The number of carbonyl (C=O) groups excluding carboxylic acids is 1. The first kappa shape index (κ1) is 13.9. The van der Waals surface area contributed by atoms with Crippen molar-refractivity contribution in [2.24, 2.45) is 17.8 Å². The molecule has 2 bridgehead atoms. The molecule has 1 heterocycles. The van der Waals surface area contributed by atoms with E-state index in [0.29, 0.717) is 12.0 Å². The zero-order chi connectivity index (χ0) is 14.1. The standard InChI is InChI=1S/C17H23NOS/c1-11-3-6-15(20-11)7-8-17(19)18-12(2)16-10-13-4-5-14(16)9-13/h3,6-8,12-14,16H,4-5,9-10H2,1-2H3,(H,18,19)/b8-7+. The van der Waals surface area contributed by atoms with E-state index >= 15 is 0 Å². The van der Waals surface area contributed by atoms with Crippen molar-refractivity contribution < 1.29 is 4.79 Å². The van der Waals surface area contributed by atoms with Gasteiger partial charge in [0.25, 0.3) is 0 Å². The molecule has 0 saturated heterocycles. The van der Waals surface area contributed by atoms with Gasteiger partial charge in [-0.2, -0.15) is 0 Å². The third kappa shape index (κ3) is 2.98. The predicted molar refractivity (Wildman–Crippen MR) is 84.6 cm³/mol. The van der Waals surface area contributed by atoms with Crippen molar-refractivity contribution in [3.05, 3.63) is 28.0 Å². The van der Waals surface area contributed by atoms with Gasteiger partial charge < -0.3 is 5.32 Å². The summed E-state index contributed by atoms with van der Waals surface area (Å²) in [6.45, 7) is 4.26. The maximum atomic E-state index is 12.0. The van der Waals surface area contributed by atoms with Crippen LogP contribution in [-0.2, 0) is 4.79 Å². The Labute approximate surface area is 125 Å². The number of carbonyl (C=O) groups is 1. The molecule has 0 aliphatic heterocycles. The zero-order valence-electron chi connectivity index (χ0n) is 12.3. The Kier molecular flexibility index (Phi) is 3.97. The quantitative estimate of drug-likeness (QED) is 0.834. The third-order valence-electron chi connectivity index (χ3n) is 4.97. The van der Waals surface area contributed by atoms with E-state index in [1.807, 2.05) is 6.08 Å². The van der Waals surface area contributed by atoms with E-state index in [-0.39, 0.29) is 5.91 Å². The van der Waals surface area contributed by atoms with Gasteiger partial charge in [0, 0.05) is 21.9 Å². The highest BCUT2D eigenvalue weighted by molar-refractivity contribution is 7.12. The number of hydrogen-bond donors (Lipinski definition) is 1. The van der Waals surface area contributed by atoms with Crippen molar-refractivity contribution in [2.75, 3.05) is 0 Å². The Morgan fingerprint density at radius 1 is 1.40 bits per heavy atom. The van der Waals surface area contributed by atoms with E-state index < -0.39 is 0 Å². The molecule has 0 aromatic carbocycles. The first-order valence-corrected chi connectivity index (χ1v) is 8.48. The molecule has 2 saturated carbocycles. The maximum absolute atomic E-state index is 12.0. The Hall–Kier alpha value is -1.09. The number of amides is 1. The second-order valence-electron chi connectivity index (χ2n) is 6.42. The number of nitrogens with one attached hydrogen (secondary N) is 1. The highest BCUT2D eigenvalue weighted by atomic mass is 32.1. The summed E-state index contributed by atoms with van der Waals surface area (Å²) in [5, 5.41) is 3.16. The van der Waals surface area contributed by atoms with Crippen LogP contribution in [-0.4, -0.2) is 11.9 Å². The number of aryl methyl sites for hydroxylation is 1. The van der Waals surface area contributed by atoms with Gasteiger partial charge >= 0.3 is 0 Å². The molecule has 4 atom stereocenters. The fourth-order valence-electron chi connectivity index (χ4n) is 3.99. The van der Waals surface area contributed by atoms with E-state index in [1.165, 1.54) is 30.6 Å². The lowest BCUT2D eigenvalue weighted by Crippen LogP contribution is -2.39. The normalized spacial score (nSPS) is 30.0. The molecule has 0 radical (unpaired) electrons. The van der Waals surface area contributed by atoms with E-state index in [0.717, 1.165) is 16.7 Å². The van der Waals surface area contributed by atoms with Gasteiger partial charge in [0.1, 0.15) is 0 Å². The SMILES string of the molecule is Cc1ccc(/C=C/C(=O)NC(C)C2CC3CCC2C3)s1. The molecule has 4 unspecified atom stereocenters. The summed E-state index contributed by atoms with van der Waals surface area (Å²) in [6, 6.07) is 4.45. The van der Waals surface area contributed by atoms with Crippen LogP contribution >= 0.6 is 11.3 Å². The summed E-state index contributed by atoms with van der Waals surface area (Å²) in [5.41, 5.74) is 0. The molecule has 3 heteroatoms.